The maximum absolute atomic E-state index is 6.40. The molecule has 0 unspecified atom stereocenters. The topological polar surface area (TPSA) is 26.0 Å². The van der Waals surface area contributed by atoms with Crippen LogP contribution in [0, 0.1) is 0 Å². The molecule has 0 fully saturated rings. The molecule has 2 nitrogen and oxygen atoms in total. The van der Waals surface area contributed by atoms with Crippen molar-refractivity contribution in [2.24, 2.45) is 0 Å². The predicted octanol–water partition coefficient (Wildman–Crippen LogP) is 7.61. The number of hydrogen-bond acceptors (Lipinski definition) is 3. The minimum atomic E-state index is 0.503. The van der Waals surface area contributed by atoms with Crippen molar-refractivity contribution in [1.82, 2.24) is 4.98 Å². The van der Waals surface area contributed by atoms with E-state index in [1.54, 1.807) is 6.07 Å². The van der Waals surface area contributed by atoms with Crippen LogP contribution in [-0.2, 0) is 12.8 Å². The summed E-state index contributed by atoms with van der Waals surface area (Å²) in [6.45, 7) is 0. The second-order valence-electron chi connectivity index (χ2n) is 6.44. The van der Waals surface area contributed by atoms with Crippen molar-refractivity contribution in [2.45, 2.75) is 12.8 Å². The number of benzene rings is 3. The number of rotatable bonds is 5. The van der Waals surface area contributed by atoms with Gasteiger partial charge in [0, 0.05) is 17.7 Å². The summed E-state index contributed by atoms with van der Waals surface area (Å²) in [6.07, 6.45) is 1.28. The molecule has 1 heterocycles. The van der Waals surface area contributed by atoms with E-state index in [4.69, 9.17) is 51.4 Å². The van der Waals surface area contributed by atoms with Crippen molar-refractivity contribution < 1.29 is 4.42 Å². The van der Waals surface area contributed by atoms with E-state index in [2.05, 4.69) is 4.98 Å². The Morgan fingerprint density at radius 3 is 2.21 bits per heavy atom. The summed E-state index contributed by atoms with van der Waals surface area (Å²) in [4.78, 5) is 5.43. The number of thiocarbonyl (C=S) groups is 1. The lowest BCUT2D eigenvalue weighted by atomic mass is 10.0. The van der Waals surface area contributed by atoms with Crippen molar-refractivity contribution in [3.8, 4) is 11.5 Å². The van der Waals surface area contributed by atoms with Gasteiger partial charge in [0.1, 0.15) is 5.52 Å². The van der Waals surface area contributed by atoms with Crippen LogP contribution in [0.4, 0.5) is 0 Å². The number of hydrogen-bond donors (Lipinski definition) is 0. The lowest BCUT2D eigenvalue weighted by Crippen LogP contribution is -2.04. The number of oxazole rings is 1. The molecular formula is C22H14Cl3NOS. The summed E-state index contributed by atoms with van der Waals surface area (Å²) in [7, 11) is 0. The van der Waals surface area contributed by atoms with Gasteiger partial charge in [-0.1, -0.05) is 71.3 Å². The Hall–Kier alpha value is -1.91. The molecule has 0 N–H and O–H groups in total. The normalized spacial score (nSPS) is 11.1. The van der Waals surface area contributed by atoms with E-state index < -0.39 is 0 Å². The van der Waals surface area contributed by atoms with Gasteiger partial charge in [-0.25, -0.2) is 4.98 Å². The summed E-state index contributed by atoms with van der Waals surface area (Å²) < 4.78 is 5.86. The molecule has 6 heteroatoms. The Labute approximate surface area is 183 Å². The van der Waals surface area contributed by atoms with E-state index in [1.165, 1.54) is 0 Å². The molecule has 0 saturated carbocycles. The van der Waals surface area contributed by atoms with E-state index in [0.717, 1.165) is 32.7 Å². The summed E-state index contributed by atoms with van der Waals surface area (Å²) in [5, 5.41) is 1.66. The van der Waals surface area contributed by atoms with Gasteiger partial charge in [-0.2, -0.15) is 0 Å². The van der Waals surface area contributed by atoms with Crippen LogP contribution >= 0.6 is 47.0 Å². The fourth-order valence-electron chi connectivity index (χ4n) is 3.00. The first-order chi connectivity index (χ1) is 13.5. The van der Waals surface area contributed by atoms with Crippen LogP contribution in [0.5, 0.6) is 0 Å². The minimum absolute atomic E-state index is 0.503. The Bertz CT molecular complexity index is 1150. The molecule has 0 bridgehead atoms. The molecule has 0 amide bonds. The molecule has 0 atom stereocenters. The molecule has 140 valence electrons. The number of halogens is 3. The van der Waals surface area contributed by atoms with Crippen LogP contribution in [0.1, 0.15) is 11.1 Å². The highest BCUT2D eigenvalue weighted by atomic mass is 35.5. The Morgan fingerprint density at radius 2 is 1.50 bits per heavy atom. The molecule has 0 spiro atoms. The van der Waals surface area contributed by atoms with E-state index >= 15 is 0 Å². The molecule has 4 rings (SSSR count). The first kappa shape index (κ1) is 19.4. The zero-order chi connectivity index (χ0) is 19.7. The van der Waals surface area contributed by atoms with Crippen molar-refractivity contribution >= 4 is 63.0 Å². The van der Waals surface area contributed by atoms with Crippen LogP contribution in [0.25, 0.3) is 22.6 Å². The number of nitrogens with zero attached hydrogens (tertiary/aromatic N) is 1. The molecule has 0 aliphatic carbocycles. The zero-order valence-corrected chi connectivity index (χ0v) is 17.7. The molecule has 3 aromatic carbocycles. The Balaban J connectivity index is 1.56. The maximum Gasteiger partial charge on any atom is 0.228 e. The minimum Gasteiger partial charge on any atom is -0.436 e. The summed E-state index contributed by atoms with van der Waals surface area (Å²) in [5.41, 5.74) is 4.37. The molecule has 0 aliphatic heterocycles. The van der Waals surface area contributed by atoms with Gasteiger partial charge in [-0.3, -0.25) is 0 Å². The van der Waals surface area contributed by atoms with Gasteiger partial charge < -0.3 is 4.42 Å². The molecule has 0 aliphatic rings. The number of para-hydroxylation sites is 2. The second-order valence-corrected chi connectivity index (χ2v) is 8.24. The van der Waals surface area contributed by atoms with Crippen LogP contribution in [0.2, 0.25) is 15.1 Å². The average molecular weight is 447 g/mol. The lowest BCUT2D eigenvalue weighted by molar-refractivity contribution is 0.620. The second kappa shape index (κ2) is 8.22. The third kappa shape index (κ3) is 4.23. The van der Waals surface area contributed by atoms with Crippen molar-refractivity contribution in [3.05, 3.63) is 86.9 Å². The van der Waals surface area contributed by atoms with Crippen LogP contribution in [-0.4, -0.2) is 9.85 Å². The third-order valence-electron chi connectivity index (χ3n) is 4.34. The Morgan fingerprint density at radius 1 is 0.821 bits per heavy atom. The van der Waals surface area contributed by atoms with Crippen molar-refractivity contribution in [1.29, 1.82) is 0 Å². The molecule has 0 radical (unpaired) electrons. The quantitative estimate of drug-likeness (QED) is 0.295. The monoisotopic (exact) mass is 445 g/mol. The zero-order valence-electron chi connectivity index (χ0n) is 14.6. The van der Waals surface area contributed by atoms with Crippen LogP contribution in [0.15, 0.2) is 65.1 Å². The van der Waals surface area contributed by atoms with E-state index in [-0.39, 0.29) is 0 Å². The highest BCUT2D eigenvalue weighted by Gasteiger charge is 2.13. The average Bonchev–Trinajstić information content (AvgIpc) is 3.10. The Kier molecular flexibility index (Phi) is 5.70. The number of fused-ring (bicyclic) bond motifs is 1. The fraction of sp³-hybridized carbons (Fsp3) is 0.0909. The highest BCUT2D eigenvalue weighted by Crippen LogP contribution is 2.31. The van der Waals surface area contributed by atoms with Crippen molar-refractivity contribution in [2.75, 3.05) is 0 Å². The largest absolute Gasteiger partial charge is 0.436 e. The summed E-state index contributed by atoms with van der Waals surface area (Å²) >= 11 is 24.1. The van der Waals surface area contributed by atoms with E-state index in [0.29, 0.717) is 33.8 Å². The van der Waals surface area contributed by atoms with E-state index in [1.807, 2.05) is 54.6 Å². The maximum atomic E-state index is 6.40. The molecule has 0 saturated heterocycles. The van der Waals surface area contributed by atoms with Gasteiger partial charge in [-0.15, -0.1) is 0 Å². The number of aromatic nitrogens is 1. The molecular weight excluding hydrogens is 433 g/mol. The first-order valence-electron chi connectivity index (χ1n) is 8.59. The SMILES string of the molecule is S=C(Cc1ccc(Cl)c(Cl)c1)Cc1ccc(Cl)c(-c2nc3ccccc3o2)c1. The highest BCUT2D eigenvalue weighted by molar-refractivity contribution is 7.80. The predicted molar refractivity (Wildman–Crippen MR) is 121 cm³/mol. The standard InChI is InChI=1S/C22H14Cl3NOS/c23-17-7-5-13(9-15(28)10-14-6-8-18(24)19(25)12-14)11-16(17)22-26-20-3-1-2-4-21(20)27-22/h1-8,11-12H,9-10H2. The van der Waals surface area contributed by atoms with Crippen LogP contribution < -0.4 is 0 Å². The third-order valence-corrected chi connectivity index (χ3v) is 5.70. The van der Waals surface area contributed by atoms with E-state index in [9.17, 15) is 0 Å². The lowest BCUT2D eigenvalue weighted by Gasteiger charge is -2.08. The smallest absolute Gasteiger partial charge is 0.228 e. The van der Waals surface area contributed by atoms with Gasteiger partial charge in [0.2, 0.25) is 5.89 Å². The first-order valence-corrected chi connectivity index (χ1v) is 10.1. The summed E-state index contributed by atoms with van der Waals surface area (Å²) in [5.74, 6) is 0.503. The van der Waals surface area contributed by atoms with Gasteiger partial charge in [-0.05, 0) is 47.5 Å². The van der Waals surface area contributed by atoms with Crippen molar-refractivity contribution in [3.63, 3.8) is 0 Å². The fourth-order valence-corrected chi connectivity index (χ4v) is 3.85. The van der Waals surface area contributed by atoms with Gasteiger partial charge in [0.05, 0.1) is 20.6 Å². The van der Waals surface area contributed by atoms with Crippen LogP contribution in [0.3, 0.4) is 0 Å². The molecule has 1 aromatic heterocycles. The van der Waals surface area contributed by atoms with Gasteiger partial charge >= 0.3 is 0 Å². The van der Waals surface area contributed by atoms with Gasteiger partial charge in [0.15, 0.2) is 5.58 Å². The molecule has 28 heavy (non-hydrogen) atoms. The van der Waals surface area contributed by atoms with Gasteiger partial charge in [0.25, 0.3) is 0 Å². The summed E-state index contributed by atoms with van der Waals surface area (Å²) in [6, 6.07) is 19.0. The molecule has 4 aromatic rings.